The molecule has 0 aromatic rings. The maximum Gasteiger partial charge on any atom is 0.0940 e. The zero-order valence-corrected chi connectivity index (χ0v) is 13.8. The number of ether oxygens (including phenoxy) is 2. The zero-order chi connectivity index (χ0) is 14.9. The molecular weight excluding hydrogens is 264 g/mol. The fourth-order valence-electron chi connectivity index (χ4n) is 5.21. The van der Waals surface area contributed by atoms with E-state index < -0.39 is 0 Å². The van der Waals surface area contributed by atoms with Gasteiger partial charge in [0.2, 0.25) is 0 Å². The van der Waals surface area contributed by atoms with Crippen LogP contribution in [0.1, 0.15) is 65.2 Å². The number of hydrogen-bond donors (Lipinski definition) is 1. The van der Waals surface area contributed by atoms with Gasteiger partial charge in [0.05, 0.1) is 18.3 Å². The van der Waals surface area contributed by atoms with Crippen molar-refractivity contribution in [2.24, 2.45) is 17.3 Å². The fraction of sp³-hybridized carbons (Fsp3) is 1.00. The van der Waals surface area contributed by atoms with Crippen molar-refractivity contribution in [2.45, 2.75) is 76.9 Å². The highest BCUT2D eigenvalue weighted by molar-refractivity contribution is 4.99. The highest BCUT2D eigenvalue weighted by Crippen LogP contribution is 2.50. The monoisotopic (exact) mass is 296 g/mol. The van der Waals surface area contributed by atoms with Crippen LogP contribution in [0.3, 0.4) is 0 Å². The molecule has 1 aliphatic carbocycles. The summed E-state index contributed by atoms with van der Waals surface area (Å²) < 4.78 is 11.6. The molecule has 2 saturated heterocycles. The number of rotatable bonds is 4. The van der Waals surface area contributed by atoms with Crippen LogP contribution < -0.4 is 0 Å². The van der Waals surface area contributed by atoms with Crippen LogP contribution in [0.5, 0.6) is 0 Å². The number of aliphatic hydroxyl groups excluding tert-OH is 1. The molecule has 0 radical (unpaired) electrons. The third-order valence-corrected chi connectivity index (χ3v) is 6.09. The van der Waals surface area contributed by atoms with Gasteiger partial charge < -0.3 is 14.6 Å². The van der Waals surface area contributed by atoms with Crippen LogP contribution in [0.4, 0.5) is 0 Å². The van der Waals surface area contributed by atoms with E-state index in [2.05, 4.69) is 13.8 Å². The summed E-state index contributed by atoms with van der Waals surface area (Å²) in [5, 5.41) is 11.2. The van der Waals surface area contributed by atoms with E-state index in [0.717, 1.165) is 39.1 Å². The third kappa shape index (κ3) is 3.16. The van der Waals surface area contributed by atoms with Gasteiger partial charge in [-0.15, -0.1) is 0 Å². The van der Waals surface area contributed by atoms with Gasteiger partial charge in [0, 0.05) is 19.6 Å². The first-order valence-electron chi connectivity index (χ1n) is 8.95. The maximum atomic E-state index is 11.2. The van der Waals surface area contributed by atoms with Crippen molar-refractivity contribution in [3.63, 3.8) is 0 Å². The van der Waals surface area contributed by atoms with Crippen molar-refractivity contribution in [2.75, 3.05) is 19.8 Å². The Morgan fingerprint density at radius 3 is 2.52 bits per heavy atom. The van der Waals surface area contributed by atoms with Gasteiger partial charge in [-0.3, -0.25) is 0 Å². The first-order valence-corrected chi connectivity index (χ1v) is 8.95. The van der Waals surface area contributed by atoms with E-state index in [1.54, 1.807) is 0 Å². The molecule has 1 saturated carbocycles. The van der Waals surface area contributed by atoms with Crippen LogP contribution in [-0.2, 0) is 9.47 Å². The Morgan fingerprint density at radius 2 is 1.90 bits per heavy atom. The molecule has 0 amide bonds. The van der Waals surface area contributed by atoms with E-state index in [1.165, 1.54) is 32.1 Å². The summed E-state index contributed by atoms with van der Waals surface area (Å²) in [6.07, 6.45) is 9.06. The maximum absolute atomic E-state index is 11.2. The lowest BCUT2D eigenvalue weighted by Crippen LogP contribution is -2.48. The van der Waals surface area contributed by atoms with E-state index in [4.69, 9.17) is 9.47 Å². The standard InChI is InChI=1S/C18H32O3/c1-14(2)11-17(6-3-4-7-17)16(19)15-5-9-21-18(12-15)8-10-20-13-18/h14-16,19H,3-13H2,1-2H3. The van der Waals surface area contributed by atoms with Gasteiger partial charge in [-0.05, 0) is 49.4 Å². The second kappa shape index (κ2) is 6.17. The minimum Gasteiger partial charge on any atom is -0.392 e. The highest BCUT2D eigenvalue weighted by atomic mass is 16.6. The molecule has 2 heterocycles. The first kappa shape index (κ1) is 15.8. The third-order valence-electron chi connectivity index (χ3n) is 6.09. The smallest absolute Gasteiger partial charge is 0.0940 e. The predicted molar refractivity (Wildman–Crippen MR) is 83.2 cm³/mol. The molecule has 3 heteroatoms. The molecule has 3 atom stereocenters. The topological polar surface area (TPSA) is 38.7 Å². The van der Waals surface area contributed by atoms with Gasteiger partial charge >= 0.3 is 0 Å². The molecule has 122 valence electrons. The second-order valence-corrected chi connectivity index (χ2v) is 8.20. The van der Waals surface area contributed by atoms with Crippen LogP contribution in [0.2, 0.25) is 0 Å². The summed E-state index contributed by atoms with van der Waals surface area (Å²) >= 11 is 0. The average Bonchev–Trinajstić information content (AvgIpc) is 3.08. The largest absolute Gasteiger partial charge is 0.392 e. The lowest BCUT2D eigenvalue weighted by Gasteiger charge is -2.45. The van der Waals surface area contributed by atoms with E-state index in [-0.39, 0.29) is 17.1 Å². The first-order chi connectivity index (χ1) is 10.1. The molecule has 2 aliphatic heterocycles. The molecule has 3 fully saturated rings. The fourth-order valence-corrected chi connectivity index (χ4v) is 5.21. The molecule has 3 nitrogen and oxygen atoms in total. The molecule has 0 aromatic heterocycles. The summed E-state index contributed by atoms with van der Waals surface area (Å²) in [6, 6.07) is 0. The lowest BCUT2D eigenvalue weighted by atomic mass is 9.67. The molecule has 3 aliphatic rings. The van der Waals surface area contributed by atoms with Gasteiger partial charge in [0.1, 0.15) is 0 Å². The van der Waals surface area contributed by atoms with E-state index in [1.807, 2.05) is 0 Å². The van der Waals surface area contributed by atoms with Gasteiger partial charge in [-0.2, -0.15) is 0 Å². The Balaban J connectivity index is 1.71. The van der Waals surface area contributed by atoms with Crippen molar-refractivity contribution < 1.29 is 14.6 Å². The molecule has 3 rings (SSSR count). The lowest BCUT2D eigenvalue weighted by molar-refractivity contribution is -0.137. The van der Waals surface area contributed by atoms with Crippen LogP contribution in [0, 0.1) is 17.3 Å². The zero-order valence-electron chi connectivity index (χ0n) is 13.8. The molecule has 0 aromatic carbocycles. The molecule has 3 unspecified atom stereocenters. The Kier molecular flexibility index (Phi) is 4.63. The summed E-state index contributed by atoms with van der Waals surface area (Å²) in [5.41, 5.74) is 0.0956. The minimum atomic E-state index is -0.149. The normalized spacial score (nSPS) is 37.4. The van der Waals surface area contributed by atoms with Crippen molar-refractivity contribution in [3.05, 3.63) is 0 Å². The van der Waals surface area contributed by atoms with Crippen LogP contribution >= 0.6 is 0 Å². The van der Waals surface area contributed by atoms with Gasteiger partial charge in [-0.1, -0.05) is 26.7 Å². The summed E-state index contributed by atoms with van der Waals surface area (Å²) in [6.45, 7) is 6.93. The highest BCUT2D eigenvalue weighted by Gasteiger charge is 2.49. The van der Waals surface area contributed by atoms with Gasteiger partial charge in [0.15, 0.2) is 0 Å². The Morgan fingerprint density at radius 1 is 1.14 bits per heavy atom. The number of hydrogen-bond acceptors (Lipinski definition) is 3. The Labute approximate surface area is 129 Å². The van der Waals surface area contributed by atoms with Gasteiger partial charge in [-0.25, -0.2) is 0 Å². The van der Waals surface area contributed by atoms with E-state index >= 15 is 0 Å². The molecule has 21 heavy (non-hydrogen) atoms. The van der Waals surface area contributed by atoms with Crippen LogP contribution in [0.25, 0.3) is 0 Å². The second-order valence-electron chi connectivity index (χ2n) is 8.20. The van der Waals surface area contributed by atoms with Crippen molar-refractivity contribution >= 4 is 0 Å². The summed E-state index contributed by atoms with van der Waals surface area (Å²) in [4.78, 5) is 0. The Hall–Kier alpha value is -0.120. The molecule has 0 bridgehead atoms. The SMILES string of the molecule is CC(C)CC1(C(O)C2CCOC3(CCOC3)C2)CCCC1. The average molecular weight is 296 g/mol. The van der Waals surface area contributed by atoms with Crippen LogP contribution in [-0.4, -0.2) is 36.6 Å². The van der Waals surface area contributed by atoms with Crippen molar-refractivity contribution in [1.29, 1.82) is 0 Å². The Bertz CT molecular complexity index is 340. The number of aliphatic hydroxyl groups is 1. The van der Waals surface area contributed by atoms with E-state index in [0.29, 0.717) is 11.8 Å². The minimum absolute atomic E-state index is 0.0818. The quantitative estimate of drug-likeness (QED) is 0.862. The van der Waals surface area contributed by atoms with Gasteiger partial charge in [0.25, 0.3) is 0 Å². The van der Waals surface area contributed by atoms with Crippen molar-refractivity contribution in [3.8, 4) is 0 Å². The molecule has 1 spiro atoms. The summed E-state index contributed by atoms with van der Waals surface area (Å²) in [5.74, 6) is 1.07. The van der Waals surface area contributed by atoms with Crippen LogP contribution in [0.15, 0.2) is 0 Å². The van der Waals surface area contributed by atoms with Crippen molar-refractivity contribution in [1.82, 2.24) is 0 Å². The molecule has 1 N–H and O–H groups in total. The molecular formula is C18H32O3. The predicted octanol–water partition coefficient (Wildman–Crippen LogP) is 3.54. The van der Waals surface area contributed by atoms with E-state index in [9.17, 15) is 5.11 Å². The summed E-state index contributed by atoms with van der Waals surface area (Å²) in [7, 11) is 0.